The van der Waals surface area contributed by atoms with Crippen molar-refractivity contribution in [1.82, 2.24) is 0 Å². The molecule has 0 aromatic rings. The van der Waals surface area contributed by atoms with Gasteiger partial charge in [-0.3, -0.25) is 9.59 Å². The van der Waals surface area contributed by atoms with Crippen LogP contribution in [0.4, 0.5) is 0 Å². The fourth-order valence-corrected chi connectivity index (χ4v) is 3.71. The van der Waals surface area contributed by atoms with Gasteiger partial charge in [0.25, 0.3) is 0 Å². The summed E-state index contributed by atoms with van der Waals surface area (Å²) in [5.74, 6) is -1.01. The summed E-state index contributed by atoms with van der Waals surface area (Å²) in [6.07, 6.45) is 17.3. The Morgan fingerprint density at radius 3 is 1.18 bits per heavy atom. The van der Waals surface area contributed by atoms with Crippen LogP contribution in [0.2, 0.25) is 0 Å². The molecule has 0 aliphatic carbocycles. The largest absolute Gasteiger partial charge is 0.481 e. The highest BCUT2D eigenvalue weighted by Crippen LogP contribution is 2.13. The lowest BCUT2D eigenvalue weighted by Crippen LogP contribution is -2.15. The number of carboxylic acid groups (broad SMARTS) is 1. The van der Waals surface area contributed by atoms with E-state index in [0.29, 0.717) is 65.9 Å². The zero-order valence-electron chi connectivity index (χ0n) is 24.1. The van der Waals surface area contributed by atoms with Crippen molar-refractivity contribution in [2.45, 2.75) is 103 Å². The monoisotopic (exact) mass is 548 g/mol. The fourth-order valence-electron chi connectivity index (χ4n) is 3.71. The molecular formula is C29H56O9. The first-order valence-corrected chi connectivity index (χ1v) is 14.9. The number of hydrogen-bond donors (Lipinski definition) is 1. The number of aliphatic carboxylic acids is 1. The van der Waals surface area contributed by atoms with Gasteiger partial charge in [-0.15, -0.1) is 0 Å². The van der Waals surface area contributed by atoms with Crippen molar-refractivity contribution in [3.63, 3.8) is 0 Å². The molecule has 9 heteroatoms. The number of ether oxygens (including phenoxy) is 6. The Balaban J connectivity index is 3.15. The summed E-state index contributed by atoms with van der Waals surface area (Å²) in [6, 6.07) is 0. The van der Waals surface area contributed by atoms with E-state index in [9.17, 15) is 9.59 Å². The summed E-state index contributed by atoms with van der Waals surface area (Å²) in [5, 5.41) is 8.47. The van der Waals surface area contributed by atoms with Crippen molar-refractivity contribution in [2.75, 3.05) is 72.7 Å². The summed E-state index contributed by atoms with van der Waals surface area (Å²) < 4.78 is 31.8. The molecule has 0 spiro atoms. The molecule has 0 bridgehead atoms. The van der Waals surface area contributed by atoms with E-state index in [1.165, 1.54) is 70.6 Å². The van der Waals surface area contributed by atoms with Crippen molar-refractivity contribution in [3.8, 4) is 0 Å². The average molecular weight is 549 g/mol. The Bertz CT molecular complexity index is 502. The van der Waals surface area contributed by atoms with E-state index in [4.69, 9.17) is 33.5 Å². The smallest absolute Gasteiger partial charge is 0.305 e. The third-order valence-electron chi connectivity index (χ3n) is 5.92. The fraction of sp³-hybridized carbons (Fsp3) is 0.931. The van der Waals surface area contributed by atoms with Crippen LogP contribution in [0, 0.1) is 0 Å². The number of carboxylic acids is 1. The second-order valence-corrected chi connectivity index (χ2v) is 9.42. The van der Waals surface area contributed by atoms with Crippen LogP contribution >= 0.6 is 0 Å². The van der Waals surface area contributed by atoms with Crippen LogP contribution in [0.15, 0.2) is 0 Å². The van der Waals surface area contributed by atoms with E-state index in [1.54, 1.807) is 0 Å². The number of unbranched alkanes of at least 4 members (excludes halogenated alkanes) is 12. The molecule has 0 aliphatic heterocycles. The molecule has 0 amide bonds. The minimum Gasteiger partial charge on any atom is -0.481 e. The van der Waals surface area contributed by atoms with Gasteiger partial charge in [-0.05, 0) is 6.42 Å². The standard InChI is InChI=1S/C29H56O9/c1-2-3-4-5-6-7-8-9-10-11-12-13-14-15-29(32)38-27-26-37-25-24-36-23-22-35-21-20-34-19-18-33-17-16-28(30)31/h2-27H2,1H3,(H,30,31). The van der Waals surface area contributed by atoms with Crippen LogP contribution in [0.3, 0.4) is 0 Å². The molecule has 38 heavy (non-hydrogen) atoms. The maximum atomic E-state index is 11.8. The summed E-state index contributed by atoms with van der Waals surface area (Å²) >= 11 is 0. The van der Waals surface area contributed by atoms with E-state index >= 15 is 0 Å². The SMILES string of the molecule is CCCCCCCCCCCCCCCC(=O)OCCOCCOCCOCCOCCOCCC(=O)O. The highest BCUT2D eigenvalue weighted by Gasteiger charge is 2.03. The number of hydrogen-bond acceptors (Lipinski definition) is 8. The van der Waals surface area contributed by atoms with E-state index in [1.807, 2.05) is 0 Å². The van der Waals surface area contributed by atoms with Gasteiger partial charge in [-0.1, -0.05) is 84.0 Å². The molecule has 9 nitrogen and oxygen atoms in total. The number of carbonyl (C=O) groups is 2. The van der Waals surface area contributed by atoms with E-state index in [-0.39, 0.29) is 25.6 Å². The van der Waals surface area contributed by atoms with Crippen molar-refractivity contribution < 1.29 is 43.1 Å². The second kappa shape index (κ2) is 32.0. The van der Waals surface area contributed by atoms with Crippen molar-refractivity contribution >= 4 is 11.9 Å². The lowest BCUT2D eigenvalue weighted by atomic mass is 10.0. The van der Waals surface area contributed by atoms with Crippen molar-refractivity contribution in [2.24, 2.45) is 0 Å². The van der Waals surface area contributed by atoms with Crippen molar-refractivity contribution in [3.05, 3.63) is 0 Å². The van der Waals surface area contributed by atoms with Crippen molar-refractivity contribution in [1.29, 1.82) is 0 Å². The maximum Gasteiger partial charge on any atom is 0.305 e. The summed E-state index contributed by atoms with van der Waals surface area (Å²) in [6.45, 7) is 6.64. The predicted molar refractivity (Wildman–Crippen MR) is 148 cm³/mol. The van der Waals surface area contributed by atoms with Crippen LogP contribution < -0.4 is 0 Å². The summed E-state index contributed by atoms with van der Waals surface area (Å²) in [7, 11) is 0. The molecule has 0 radical (unpaired) electrons. The van der Waals surface area contributed by atoms with Crippen LogP contribution in [-0.2, 0) is 38.0 Å². The van der Waals surface area contributed by atoms with Gasteiger partial charge in [0, 0.05) is 6.42 Å². The molecular weight excluding hydrogens is 492 g/mol. The van der Waals surface area contributed by atoms with Gasteiger partial charge < -0.3 is 33.5 Å². The molecule has 0 rings (SSSR count). The van der Waals surface area contributed by atoms with E-state index < -0.39 is 5.97 Å². The predicted octanol–water partition coefficient (Wildman–Crippen LogP) is 5.57. The molecule has 0 fully saturated rings. The topological polar surface area (TPSA) is 110 Å². The third kappa shape index (κ3) is 32.8. The highest BCUT2D eigenvalue weighted by molar-refractivity contribution is 5.69. The van der Waals surface area contributed by atoms with Gasteiger partial charge >= 0.3 is 11.9 Å². The Hall–Kier alpha value is -1.26. The summed E-state index contributed by atoms with van der Waals surface area (Å²) in [5.41, 5.74) is 0. The third-order valence-corrected chi connectivity index (χ3v) is 5.92. The molecule has 1 N–H and O–H groups in total. The quantitative estimate of drug-likeness (QED) is 0.0852. The Morgan fingerprint density at radius 1 is 0.447 bits per heavy atom. The molecule has 0 aliphatic rings. The highest BCUT2D eigenvalue weighted by atomic mass is 16.6. The van der Waals surface area contributed by atoms with Crippen LogP contribution in [-0.4, -0.2) is 89.7 Å². The van der Waals surface area contributed by atoms with Gasteiger partial charge in [0.05, 0.1) is 72.5 Å². The van der Waals surface area contributed by atoms with Crippen LogP contribution in [0.5, 0.6) is 0 Å². The van der Waals surface area contributed by atoms with Gasteiger partial charge in [0.1, 0.15) is 6.61 Å². The van der Waals surface area contributed by atoms with Crippen LogP contribution in [0.1, 0.15) is 103 Å². The lowest BCUT2D eigenvalue weighted by Gasteiger charge is -2.08. The first kappa shape index (κ1) is 36.7. The molecule has 0 aromatic heterocycles. The Morgan fingerprint density at radius 2 is 0.789 bits per heavy atom. The molecule has 0 saturated heterocycles. The van der Waals surface area contributed by atoms with Crippen LogP contribution in [0.25, 0.3) is 0 Å². The molecule has 226 valence electrons. The molecule has 0 unspecified atom stereocenters. The second-order valence-electron chi connectivity index (χ2n) is 9.42. The average Bonchev–Trinajstić information content (AvgIpc) is 2.90. The Kier molecular flexibility index (Phi) is 30.9. The molecule has 0 saturated carbocycles. The van der Waals surface area contributed by atoms with Gasteiger partial charge in [-0.25, -0.2) is 0 Å². The van der Waals surface area contributed by atoms with Gasteiger partial charge in [0.15, 0.2) is 0 Å². The summed E-state index contributed by atoms with van der Waals surface area (Å²) in [4.78, 5) is 22.1. The molecule has 0 aromatic carbocycles. The molecule has 0 heterocycles. The zero-order chi connectivity index (χ0) is 27.8. The lowest BCUT2D eigenvalue weighted by molar-refractivity contribution is -0.145. The van der Waals surface area contributed by atoms with Gasteiger partial charge in [0.2, 0.25) is 0 Å². The first-order chi connectivity index (χ1) is 18.7. The Labute approximate surface area is 231 Å². The van der Waals surface area contributed by atoms with E-state index in [2.05, 4.69) is 6.92 Å². The maximum absolute atomic E-state index is 11.8. The first-order valence-electron chi connectivity index (χ1n) is 14.9. The zero-order valence-corrected chi connectivity index (χ0v) is 24.1. The number of esters is 1. The van der Waals surface area contributed by atoms with Gasteiger partial charge in [-0.2, -0.15) is 0 Å². The normalized spacial score (nSPS) is 11.2. The number of rotatable bonds is 32. The minimum atomic E-state index is -0.871. The van der Waals surface area contributed by atoms with E-state index in [0.717, 1.165) is 12.8 Å². The number of carbonyl (C=O) groups excluding carboxylic acids is 1. The molecule has 0 atom stereocenters. The minimum absolute atomic E-state index is 0.00116.